The van der Waals surface area contributed by atoms with Crippen molar-refractivity contribution in [3.63, 3.8) is 0 Å². The highest BCUT2D eigenvalue weighted by molar-refractivity contribution is 9.10. The zero-order chi connectivity index (χ0) is 9.68. The van der Waals surface area contributed by atoms with Gasteiger partial charge in [-0.1, -0.05) is 22.0 Å². The number of nitriles is 1. The molecule has 3 heteroatoms. The maximum absolute atomic E-state index is 8.58. The Balaban J connectivity index is 2.97. The largest absolute Gasteiger partial charge is 0.380 e. The Hall–Kier alpha value is -0.850. The first-order valence-electron chi connectivity index (χ1n) is 3.91. The fraction of sp³-hybridized carbons (Fsp3) is 0.300. The zero-order valence-electron chi connectivity index (χ0n) is 7.38. The molecule has 0 aliphatic rings. The summed E-state index contributed by atoms with van der Waals surface area (Å²) in [6.45, 7) is 0.552. The second-order valence-electron chi connectivity index (χ2n) is 2.68. The molecular formula is C10H10BrNO. The molecule has 0 unspecified atom stereocenters. The number of nitrogens with zero attached hydrogens (tertiary/aromatic N) is 1. The van der Waals surface area contributed by atoms with Gasteiger partial charge in [-0.2, -0.15) is 5.26 Å². The van der Waals surface area contributed by atoms with E-state index in [0.717, 1.165) is 15.6 Å². The van der Waals surface area contributed by atoms with Crippen LogP contribution in [0.25, 0.3) is 0 Å². The van der Waals surface area contributed by atoms with Gasteiger partial charge in [-0.25, -0.2) is 0 Å². The third-order valence-corrected chi connectivity index (χ3v) is 2.23. The summed E-state index contributed by atoms with van der Waals surface area (Å²) in [6.07, 6.45) is 0.436. The van der Waals surface area contributed by atoms with E-state index in [4.69, 9.17) is 10.00 Å². The molecule has 0 aliphatic heterocycles. The van der Waals surface area contributed by atoms with Crippen molar-refractivity contribution < 1.29 is 4.74 Å². The number of benzene rings is 1. The van der Waals surface area contributed by atoms with Crippen LogP contribution in [0.3, 0.4) is 0 Å². The van der Waals surface area contributed by atoms with E-state index in [0.29, 0.717) is 13.0 Å². The van der Waals surface area contributed by atoms with Crippen molar-refractivity contribution in [3.05, 3.63) is 33.8 Å². The van der Waals surface area contributed by atoms with Crippen LogP contribution >= 0.6 is 15.9 Å². The molecule has 13 heavy (non-hydrogen) atoms. The van der Waals surface area contributed by atoms with Crippen LogP contribution in [-0.2, 0) is 17.8 Å². The van der Waals surface area contributed by atoms with Gasteiger partial charge in [-0.15, -0.1) is 0 Å². The summed E-state index contributed by atoms with van der Waals surface area (Å²) in [7, 11) is 1.65. The van der Waals surface area contributed by atoms with E-state index < -0.39 is 0 Å². The van der Waals surface area contributed by atoms with Crippen LogP contribution < -0.4 is 0 Å². The van der Waals surface area contributed by atoms with Gasteiger partial charge < -0.3 is 4.74 Å². The Morgan fingerprint density at radius 1 is 1.46 bits per heavy atom. The molecule has 0 aromatic heterocycles. The van der Waals surface area contributed by atoms with Crippen LogP contribution in [0.5, 0.6) is 0 Å². The van der Waals surface area contributed by atoms with Crippen molar-refractivity contribution in [2.24, 2.45) is 0 Å². The van der Waals surface area contributed by atoms with Crippen LogP contribution in [0.1, 0.15) is 11.1 Å². The molecule has 0 spiro atoms. The van der Waals surface area contributed by atoms with Crippen molar-refractivity contribution in [1.82, 2.24) is 0 Å². The predicted molar refractivity (Wildman–Crippen MR) is 54.2 cm³/mol. The molecule has 0 atom stereocenters. The summed E-state index contributed by atoms with van der Waals surface area (Å²) in [4.78, 5) is 0. The Morgan fingerprint density at radius 2 is 2.23 bits per heavy atom. The van der Waals surface area contributed by atoms with Crippen LogP contribution in [0.15, 0.2) is 22.7 Å². The highest BCUT2D eigenvalue weighted by atomic mass is 79.9. The minimum absolute atomic E-state index is 0.436. The van der Waals surface area contributed by atoms with Gasteiger partial charge in [-0.05, 0) is 23.3 Å². The van der Waals surface area contributed by atoms with Crippen molar-refractivity contribution >= 4 is 15.9 Å². The van der Waals surface area contributed by atoms with E-state index in [9.17, 15) is 0 Å². The van der Waals surface area contributed by atoms with Gasteiger partial charge in [0, 0.05) is 11.6 Å². The highest BCUT2D eigenvalue weighted by Gasteiger charge is 2.02. The Morgan fingerprint density at radius 3 is 2.85 bits per heavy atom. The van der Waals surface area contributed by atoms with Crippen molar-refractivity contribution in [1.29, 1.82) is 5.26 Å². The van der Waals surface area contributed by atoms with Crippen molar-refractivity contribution in [2.75, 3.05) is 7.11 Å². The molecule has 1 rings (SSSR count). The fourth-order valence-electron chi connectivity index (χ4n) is 1.14. The molecule has 2 nitrogen and oxygen atoms in total. The van der Waals surface area contributed by atoms with Gasteiger partial charge in [0.2, 0.25) is 0 Å². The van der Waals surface area contributed by atoms with Gasteiger partial charge in [0.15, 0.2) is 0 Å². The number of hydrogen-bond acceptors (Lipinski definition) is 2. The monoisotopic (exact) mass is 239 g/mol. The van der Waals surface area contributed by atoms with E-state index in [2.05, 4.69) is 22.0 Å². The van der Waals surface area contributed by atoms with Crippen LogP contribution in [0.4, 0.5) is 0 Å². The molecule has 0 bridgehead atoms. The Kier molecular flexibility index (Phi) is 3.94. The lowest BCUT2D eigenvalue weighted by Crippen LogP contribution is -1.94. The molecule has 0 N–H and O–H groups in total. The van der Waals surface area contributed by atoms with Gasteiger partial charge in [-0.3, -0.25) is 0 Å². The number of halogens is 1. The standard InChI is InChI=1S/C10H10BrNO/c1-13-7-9-6-10(11)3-2-8(9)4-5-12/h2-3,6H,4,7H2,1H3. The molecule has 0 fully saturated rings. The minimum Gasteiger partial charge on any atom is -0.380 e. The molecule has 1 aromatic rings. The average Bonchev–Trinajstić information content (AvgIpc) is 2.10. The zero-order valence-corrected chi connectivity index (χ0v) is 8.97. The molecule has 0 heterocycles. The molecule has 0 saturated heterocycles. The highest BCUT2D eigenvalue weighted by Crippen LogP contribution is 2.17. The molecule has 0 radical (unpaired) electrons. The van der Waals surface area contributed by atoms with E-state index in [1.165, 1.54) is 0 Å². The van der Waals surface area contributed by atoms with Gasteiger partial charge in [0.05, 0.1) is 19.1 Å². The van der Waals surface area contributed by atoms with Crippen molar-refractivity contribution in [2.45, 2.75) is 13.0 Å². The number of hydrogen-bond donors (Lipinski definition) is 0. The third kappa shape index (κ3) is 2.83. The van der Waals surface area contributed by atoms with E-state index >= 15 is 0 Å². The van der Waals surface area contributed by atoms with Gasteiger partial charge in [0.25, 0.3) is 0 Å². The van der Waals surface area contributed by atoms with Crippen molar-refractivity contribution in [3.8, 4) is 6.07 Å². The maximum atomic E-state index is 8.58. The number of rotatable bonds is 3. The summed E-state index contributed by atoms with van der Waals surface area (Å²) >= 11 is 3.38. The first-order chi connectivity index (χ1) is 6.27. The first kappa shape index (κ1) is 10.2. The Labute approximate surface area is 86.3 Å². The van der Waals surface area contributed by atoms with E-state index in [1.807, 2.05) is 18.2 Å². The summed E-state index contributed by atoms with van der Waals surface area (Å²) in [6, 6.07) is 8.00. The molecular weight excluding hydrogens is 230 g/mol. The summed E-state index contributed by atoms with van der Waals surface area (Å²) in [5, 5.41) is 8.58. The fourth-order valence-corrected chi connectivity index (χ4v) is 1.55. The predicted octanol–water partition coefficient (Wildman–Crippen LogP) is 2.66. The topological polar surface area (TPSA) is 33.0 Å². The summed E-state index contributed by atoms with van der Waals surface area (Å²) in [5.41, 5.74) is 2.10. The Bertz CT molecular complexity index is 330. The molecule has 1 aromatic carbocycles. The molecule has 0 amide bonds. The lowest BCUT2D eigenvalue weighted by atomic mass is 10.1. The maximum Gasteiger partial charge on any atom is 0.0716 e. The average molecular weight is 240 g/mol. The summed E-state index contributed by atoms with van der Waals surface area (Å²) < 4.78 is 6.05. The van der Waals surface area contributed by atoms with Crippen LogP contribution in [-0.4, -0.2) is 7.11 Å². The second kappa shape index (κ2) is 5.00. The van der Waals surface area contributed by atoms with Gasteiger partial charge >= 0.3 is 0 Å². The van der Waals surface area contributed by atoms with Crippen LogP contribution in [0, 0.1) is 11.3 Å². The number of ether oxygens (including phenoxy) is 1. The van der Waals surface area contributed by atoms with Crippen LogP contribution in [0.2, 0.25) is 0 Å². The lowest BCUT2D eigenvalue weighted by molar-refractivity contribution is 0.184. The smallest absolute Gasteiger partial charge is 0.0716 e. The normalized spacial score (nSPS) is 9.62. The van der Waals surface area contributed by atoms with Gasteiger partial charge in [0.1, 0.15) is 0 Å². The number of methoxy groups -OCH3 is 1. The molecule has 68 valence electrons. The SMILES string of the molecule is COCc1cc(Br)ccc1CC#N. The summed E-state index contributed by atoms with van der Waals surface area (Å²) in [5.74, 6) is 0. The van der Waals surface area contributed by atoms with E-state index in [1.54, 1.807) is 7.11 Å². The van der Waals surface area contributed by atoms with E-state index in [-0.39, 0.29) is 0 Å². The first-order valence-corrected chi connectivity index (χ1v) is 4.70. The molecule has 0 aliphatic carbocycles. The minimum atomic E-state index is 0.436. The third-order valence-electron chi connectivity index (χ3n) is 1.74. The molecule has 0 saturated carbocycles. The second-order valence-corrected chi connectivity index (χ2v) is 3.60. The lowest BCUT2D eigenvalue weighted by Gasteiger charge is -2.05. The quantitative estimate of drug-likeness (QED) is 0.813.